The molecule has 18 heavy (non-hydrogen) atoms. The van der Waals surface area contributed by atoms with Crippen molar-refractivity contribution in [2.24, 2.45) is 5.73 Å². The average Bonchev–Trinajstić information content (AvgIpc) is 2.26. The fourth-order valence-electron chi connectivity index (χ4n) is 1.82. The standard InChI is InChI=1S/C13H16F3NO/c14-13(15,16)10-4-1-3-9(7-10)12(17)8-18-11-5-2-6-11/h1,3-4,7,11-12H,2,5-6,8,17H2. The van der Waals surface area contributed by atoms with Gasteiger partial charge >= 0.3 is 6.18 Å². The molecule has 1 saturated carbocycles. The molecule has 1 aromatic carbocycles. The van der Waals surface area contributed by atoms with E-state index >= 15 is 0 Å². The van der Waals surface area contributed by atoms with Crippen molar-refractivity contribution < 1.29 is 17.9 Å². The number of benzene rings is 1. The van der Waals surface area contributed by atoms with Crippen LogP contribution in [0, 0.1) is 0 Å². The highest BCUT2D eigenvalue weighted by atomic mass is 19.4. The molecule has 2 rings (SSSR count). The normalized spacial score (nSPS) is 18.4. The number of alkyl halides is 3. The highest BCUT2D eigenvalue weighted by Crippen LogP contribution is 2.30. The molecule has 2 N–H and O–H groups in total. The molecule has 2 nitrogen and oxygen atoms in total. The minimum Gasteiger partial charge on any atom is -0.376 e. The van der Waals surface area contributed by atoms with Gasteiger partial charge in [0.05, 0.1) is 24.3 Å². The van der Waals surface area contributed by atoms with Gasteiger partial charge in [0.1, 0.15) is 0 Å². The van der Waals surface area contributed by atoms with E-state index in [-0.39, 0.29) is 12.7 Å². The Kier molecular flexibility index (Phi) is 3.92. The van der Waals surface area contributed by atoms with Crippen LogP contribution in [0.2, 0.25) is 0 Å². The summed E-state index contributed by atoms with van der Waals surface area (Å²) in [6.45, 7) is 0.270. The zero-order valence-electron chi connectivity index (χ0n) is 9.91. The molecule has 1 aromatic rings. The Bertz CT molecular complexity index is 401. The maximum Gasteiger partial charge on any atom is 0.416 e. The summed E-state index contributed by atoms with van der Waals surface area (Å²) < 4.78 is 43.1. The highest BCUT2D eigenvalue weighted by Gasteiger charge is 2.30. The Morgan fingerprint density at radius 1 is 1.33 bits per heavy atom. The van der Waals surface area contributed by atoms with Crippen molar-refractivity contribution in [3.05, 3.63) is 35.4 Å². The van der Waals surface area contributed by atoms with Crippen molar-refractivity contribution in [2.45, 2.75) is 37.6 Å². The summed E-state index contributed by atoms with van der Waals surface area (Å²) in [4.78, 5) is 0. The monoisotopic (exact) mass is 259 g/mol. The second kappa shape index (κ2) is 5.28. The minimum absolute atomic E-state index is 0.238. The summed E-state index contributed by atoms with van der Waals surface area (Å²) in [5.41, 5.74) is 5.64. The van der Waals surface area contributed by atoms with Gasteiger partial charge in [0.15, 0.2) is 0 Å². The van der Waals surface area contributed by atoms with Gasteiger partial charge in [-0.2, -0.15) is 13.2 Å². The summed E-state index contributed by atoms with van der Waals surface area (Å²) >= 11 is 0. The van der Waals surface area contributed by atoms with Crippen LogP contribution in [0.1, 0.15) is 36.4 Å². The zero-order chi connectivity index (χ0) is 13.2. The fourth-order valence-corrected chi connectivity index (χ4v) is 1.82. The van der Waals surface area contributed by atoms with E-state index in [1.807, 2.05) is 0 Å². The SMILES string of the molecule is NC(COC1CCC1)c1cccc(C(F)(F)F)c1. The second-order valence-electron chi connectivity index (χ2n) is 4.62. The molecule has 0 spiro atoms. The van der Waals surface area contributed by atoms with E-state index in [1.54, 1.807) is 6.07 Å². The van der Waals surface area contributed by atoms with Gasteiger partial charge in [-0.25, -0.2) is 0 Å². The van der Waals surface area contributed by atoms with Crippen LogP contribution in [0.25, 0.3) is 0 Å². The predicted octanol–water partition coefficient (Wildman–Crippen LogP) is 3.27. The van der Waals surface area contributed by atoms with Crippen molar-refractivity contribution in [1.29, 1.82) is 0 Å². The first-order valence-electron chi connectivity index (χ1n) is 6.01. The Labute approximate surface area is 104 Å². The van der Waals surface area contributed by atoms with Gasteiger partial charge in [-0.05, 0) is 37.0 Å². The molecule has 100 valence electrons. The van der Waals surface area contributed by atoms with E-state index in [0.717, 1.165) is 31.4 Å². The van der Waals surface area contributed by atoms with Gasteiger partial charge in [0.2, 0.25) is 0 Å². The van der Waals surface area contributed by atoms with Gasteiger partial charge in [-0.15, -0.1) is 0 Å². The summed E-state index contributed by atoms with van der Waals surface area (Å²) in [5.74, 6) is 0. The minimum atomic E-state index is -4.33. The predicted molar refractivity (Wildman–Crippen MR) is 62.0 cm³/mol. The summed E-state index contributed by atoms with van der Waals surface area (Å²) in [6, 6.07) is 4.61. The summed E-state index contributed by atoms with van der Waals surface area (Å²) in [7, 11) is 0. The lowest BCUT2D eigenvalue weighted by Gasteiger charge is -2.27. The molecule has 0 heterocycles. The lowest BCUT2D eigenvalue weighted by atomic mass is 9.96. The molecule has 1 atom stereocenters. The molecule has 0 radical (unpaired) electrons. The Balaban J connectivity index is 1.98. The van der Waals surface area contributed by atoms with Crippen molar-refractivity contribution in [1.82, 2.24) is 0 Å². The van der Waals surface area contributed by atoms with Gasteiger partial charge < -0.3 is 10.5 Å². The van der Waals surface area contributed by atoms with Crippen LogP contribution in [-0.4, -0.2) is 12.7 Å². The molecular formula is C13H16F3NO. The first-order chi connectivity index (χ1) is 8.47. The molecular weight excluding hydrogens is 243 g/mol. The number of halogens is 3. The highest BCUT2D eigenvalue weighted by molar-refractivity contribution is 5.27. The van der Waals surface area contributed by atoms with Crippen LogP contribution < -0.4 is 5.73 Å². The Hall–Kier alpha value is -1.07. The fraction of sp³-hybridized carbons (Fsp3) is 0.538. The third kappa shape index (κ3) is 3.23. The van der Waals surface area contributed by atoms with E-state index in [0.29, 0.717) is 5.56 Å². The zero-order valence-corrected chi connectivity index (χ0v) is 9.91. The topological polar surface area (TPSA) is 35.2 Å². The van der Waals surface area contributed by atoms with Crippen LogP contribution in [0.4, 0.5) is 13.2 Å². The number of ether oxygens (including phenoxy) is 1. The molecule has 1 unspecified atom stereocenters. The quantitative estimate of drug-likeness (QED) is 0.900. The van der Waals surface area contributed by atoms with Crippen LogP contribution in [0.15, 0.2) is 24.3 Å². The van der Waals surface area contributed by atoms with E-state index < -0.39 is 17.8 Å². The molecule has 0 aromatic heterocycles. The van der Waals surface area contributed by atoms with Crippen LogP contribution >= 0.6 is 0 Å². The van der Waals surface area contributed by atoms with Crippen LogP contribution in [0.3, 0.4) is 0 Å². The average molecular weight is 259 g/mol. The van der Waals surface area contributed by atoms with Crippen LogP contribution in [-0.2, 0) is 10.9 Å². The molecule has 0 aliphatic heterocycles. The summed E-state index contributed by atoms with van der Waals surface area (Å²) in [5, 5.41) is 0. The van der Waals surface area contributed by atoms with E-state index in [2.05, 4.69) is 0 Å². The van der Waals surface area contributed by atoms with E-state index in [4.69, 9.17) is 10.5 Å². The number of hydrogen-bond acceptors (Lipinski definition) is 2. The maximum absolute atomic E-state index is 12.5. The maximum atomic E-state index is 12.5. The molecule has 0 bridgehead atoms. The first kappa shape index (κ1) is 13.4. The molecule has 1 aliphatic rings. The molecule has 0 amide bonds. The third-order valence-corrected chi connectivity index (χ3v) is 3.21. The van der Waals surface area contributed by atoms with E-state index in [9.17, 15) is 13.2 Å². The largest absolute Gasteiger partial charge is 0.416 e. The lowest BCUT2D eigenvalue weighted by Crippen LogP contribution is -2.27. The first-order valence-corrected chi connectivity index (χ1v) is 6.01. The van der Waals surface area contributed by atoms with Gasteiger partial charge in [0, 0.05) is 0 Å². The Morgan fingerprint density at radius 3 is 2.61 bits per heavy atom. The smallest absolute Gasteiger partial charge is 0.376 e. The van der Waals surface area contributed by atoms with Crippen molar-refractivity contribution in [3.8, 4) is 0 Å². The molecule has 1 fully saturated rings. The second-order valence-corrected chi connectivity index (χ2v) is 4.62. The number of nitrogens with two attached hydrogens (primary N) is 1. The summed E-state index contributed by atoms with van der Waals surface area (Å²) in [6.07, 6.45) is -0.889. The number of rotatable bonds is 4. The van der Waals surface area contributed by atoms with Crippen LogP contribution in [0.5, 0.6) is 0 Å². The molecule has 0 saturated heterocycles. The van der Waals surface area contributed by atoms with Crippen molar-refractivity contribution >= 4 is 0 Å². The van der Waals surface area contributed by atoms with Crippen molar-refractivity contribution in [2.75, 3.05) is 6.61 Å². The number of hydrogen-bond donors (Lipinski definition) is 1. The van der Waals surface area contributed by atoms with Crippen molar-refractivity contribution in [3.63, 3.8) is 0 Å². The van der Waals surface area contributed by atoms with Gasteiger partial charge in [0.25, 0.3) is 0 Å². The lowest BCUT2D eigenvalue weighted by molar-refractivity contribution is -0.137. The Morgan fingerprint density at radius 2 is 2.06 bits per heavy atom. The third-order valence-electron chi connectivity index (χ3n) is 3.21. The van der Waals surface area contributed by atoms with Gasteiger partial charge in [-0.1, -0.05) is 12.1 Å². The molecule has 1 aliphatic carbocycles. The molecule has 5 heteroatoms. The van der Waals surface area contributed by atoms with Gasteiger partial charge in [-0.3, -0.25) is 0 Å². The van der Waals surface area contributed by atoms with E-state index in [1.165, 1.54) is 6.07 Å².